The van der Waals surface area contributed by atoms with E-state index < -0.39 is 29.9 Å². The topological polar surface area (TPSA) is 95.9 Å². The summed E-state index contributed by atoms with van der Waals surface area (Å²) in [7, 11) is 0. The summed E-state index contributed by atoms with van der Waals surface area (Å²) < 4.78 is 5.92. The molecule has 5 rings (SSSR count). The van der Waals surface area contributed by atoms with Gasteiger partial charge in [0.2, 0.25) is 0 Å². The number of amides is 2. The highest BCUT2D eigenvalue weighted by Gasteiger charge is 2.30. The Hall–Kier alpha value is -4.65. The third kappa shape index (κ3) is 8.72. The van der Waals surface area contributed by atoms with Gasteiger partial charge in [-0.3, -0.25) is 4.79 Å². The molecule has 0 aromatic heterocycles. The van der Waals surface area contributed by atoms with E-state index in [1.165, 1.54) is 11.1 Å². The average Bonchev–Trinajstić information content (AvgIpc) is 3.50. The molecule has 45 heavy (non-hydrogen) atoms. The molecule has 0 saturated heterocycles. The molecule has 1 aliphatic carbocycles. The molecule has 0 spiro atoms. The Bertz CT molecular complexity index is 1630. The van der Waals surface area contributed by atoms with E-state index in [1.807, 2.05) is 105 Å². The Balaban J connectivity index is 1.32. The molecule has 2 N–H and O–H groups in total. The van der Waals surface area contributed by atoms with Crippen molar-refractivity contribution < 1.29 is 24.2 Å². The van der Waals surface area contributed by atoms with Crippen LogP contribution in [0.4, 0.5) is 4.79 Å². The zero-order valence-electron chi connectivity index (χ0n) is 26.1. The Morgan fingerprint density at radius 3 is 2.31 bits per heavy atom. The van der Waals surface area contributed by atoms with Crippen LogP contribution in [-0.2, 0) is 35.3 Å². The Morgan fingerprint density at radius 2 is 1.56 bits per heavy atom. The second kappa shape index (κ2) is 14.9. The van der Waals surface area contributed by atoms with Gasteiger partial charge in [0.05, 0.1) is 5.92 Å². The summed E-state index contributed by atoms with van der Waals surface area (Å²) in [4.78, 5) is 41.3. The van der Waals surface area contributed by atoms with E-state index in [4.69, 9.17) is 4.74 Å². The minimum atomic E-state index is -1.13. The molecule has 0 fully saturated rings. The fourth-order valence-corrected chi connectivity index (χ4v) is 6.07. The zero-order valence-corrected chi connectivity index (χ0v) is 26.1. The molecule has 2 amide bonds. The van der Waals surface area contributed by atoms with E-state index in [1.54, 1.807) is 4.90 Å². The fraction of sp³-hybridized carbons (Fsp3) is 0.342. The van der Waals surface area contributed by atoms with Gasteiger partial charge in [0.25, 0.3) is 0 Å². The van der Waals surface area contributed by atoms with E-state index in [0.717, 1.165) is 41.2 Å². The van der Waals surface area contributed by atoms with E-state index in [0.29, 0.717) is 25.1 Å². The molecule has 0 aliphatic heterocycles. The second-order valence-electron chi connectivity index (χ2n) is 12.5. The van der Waals surface area contributed by atoms with Crippen LogP contribution in [0.2, 0.25) is 0 Å². The fourth-order valence-electron chi connectivity index (χ4n) is 6.07. The van der Waals surface area contributed by atoms with Crippen molar-refractivity contribution in [2.45, 2.75) is 58.4 Å². The molecule has 1 aliphatic rings. The lowest BCUT2D eigenvalue weighted by Crippen LogP contribution is -2.51. The molecule has 7 nitrogen and oxygen atoms in total. The van der Waals surface area contributed by atoms with Crippen molar-refractivity contribution in [2.24, 2.45) is 11.8 Å². The molecule has 7 heteroatoms. The molecule has 0 saturated carbocycles. The Labute approximate surface area is 265 Å². The number of esters is 1. The standard InChI is InChI=1S/C38H42N2O5/c1-26(2)24-40(38(44)39-35(36(41)42)22-28-16-17-29-11-6-7-12-31(29)21-28)25-33(18-15-27-9-4-3-5-10-27)37(43)45-34-20-19-30-13-8-14-32(30)23-34/h3-7,9-12,16-17,19-21,23,26,33,35H,8,13-15,18,22,24-25H2,1-2H3,(H,39,44)(H,41,42)/t33?,35-/m0/s1. The lowest BCUT2D eigenvalue weighted by molar-refractivity contribution is -0.140. The van der Waals surface area contributed by atoms with Crippen LogP contribution in [0.15, 0.2) is 91.0 Å². The minimum Gasteiger partial charge on any atom is -0.480 e. The monoisotopic (exact) mass is 606 g/mol. The predicted molar refractivity (Wildman–Crippen MR) is 176 cm³/mol. The summed E-state index contributed by atoms with van der Waals surface area (Å²) in [5.74, 6) is -1.49. The summed E-state index contributed by atoms with van der Waals surface area (Å²) in [5, 5.41) is 14.9. The maximum Gasteiger partial charge on any atom is 0.326 e. The molecule has 0 radical (unpaired) electrons. The van der Waals surface area contributed by atoms with Gasteiger partial charge in [-0.2, -0.15) is 0 Å². The largest absolute Gasteiger partial charge is 0.480 e. The lowest BCUT2D eigenvalue weighted by atomic mass is 9.98. The molecular weight excluding hydrogens is 564 g/mol. The summed E-state index contributed by atoms with van der Waals surface area (Å²) in [5.41, 5.74) is 4.42. The Morgan fingerprint density at radius 1 is 0.822 bits per heavy atom. The number of nitrogens with zero attached hydrogens (tertiary/aromatic N) is 1. The van der Waals surface area contributed by atoms with Gasteiger partial charge in [-0.15, -0.1) is 0 Å². The first-order valence-corrected chi connectivity index (χ1v) is 15.9. The first-order chi connectivity index (χ1) is 21.7. The summed E-state index contributed by atoms with van der Waals surface area (Å²) in [6.07, 6.45) is 4.38. The number of nitrogens with one attached hydrogen (secondary N) is 1. The van der Waals surface area contributed by atoms with Gasteiger partial charge >= 0.3 is 18.0 Å². The zero-order chi connectivity index (χ0) is 31.8. The van der Waals surface area contributed by atoms with Gasteiger partial charge in [0, 0.05) is 19.5 Å². The second-order valence-corrected chi connectivity index (χ2v) is 12.5. The van der Waals surface area contributed by atoms with Crippen molar-refractivity contribution in [1.29, 1.82) is 0 Å². The summed E-state index contributed by atoms with van der Waals surface area (Å²) in [6, 6.07) is 27.8. The van der Waals surface area contributed by atoms with Gasteiger partial charge in [0.15, 0.2) is 0 Å². The van der Waals surface area contributed by atoms with Crippen molar-refractivity contribution >= 4 is 28.7 Å². The SMILES string of the molecule is CC(C)CN(CC(CCc1ccccc1)C(=O)Oc1ccc2c(c1)CCC2)C(=O)N[C@@H](Cc1ccc2ccccc2c1)C(=O)O. The summed E-state index contributed by atoms with van der Waals surface area (Å²) in [6.45, 7) is 4.46. The van der Waals surface area contributed by atoms with Gasteiger partial charge in [-0.05, 0) is 83.2 Å². The number of carbonyl (C=O) groups is 3. The van der Waals surface area contributed by atoms with Crippen LogP contribution >= 0.6 is 0 Å². The number of benzene rings is 4. The van der Waals surface area contributed by atoms with Crippen molar-refractivity contribution in [3.05, 3.63) is 113 Å². The number of carbonyl (C=O) groups excluding carboxylic acids is 2. The number of carboxylic acid groups (broad SMARTS) is 1. The highest BCUT2D eigenvalue weighted by Crippen LogP contribution is 2.27. The van der Waals surface area contributed by atoms with E-state index >= 15 is 0 Å². The van der Waals surface area contributed by atoms with Crippen molar-refractivity contribution in [2.75, 3.05) is 13.1 Å². The average molecular weight is 607 g/mol. The normalized spacial score (nSPS) is 13.7. The van der Waals surface area contributed by atoms with Crippen molar-refractivity contribution in [1.82, 2.24) is 10.2 Å². The van der Waals surface area contributed by atoms with Crippen molar-refractivity contribution in [3.8, 4) is 5.75 Å². The molecule has 0 heterocycles. The third-order valence-corrected chi connectivity index (χ3v) is 8.41. The summed E-state index contributed by atoms with van der Waals surface area (Å²) >= 11 is 0. The predicted octanol–water partition coefficient (Wildman–Crippen LogP) is 6.85. The van der Waals surface area contributed by atoms with Gasteiger partial charge in [-0.1, -0.05) is 92.7 Å². The number of hydrogen-bond donors (Lipinski definition) is 2. The van der Waals surface area contributed by atoms with E-state index in [9.17, 15) is 19.5 Å². The van der Waals surface area contributed by atoms with Gasteiger partial charge < -0.3 is 20.1 Å². The Kier molecular flexibility index (Phi) is 10.5. The van der Waals surface area contributed by atoms with Crippen LogP contribution in [-0.4, -0.2) is 47.1 Å². The molecule has 1 unspecified atom stereocenters. The molecule has 2 atom stereocenters. The molecule has 4 aromatic rings. The maximum absolute atomic E-state index is 13.7. The highest BCUT2D eigenvalue weighted by molar-refractivity contribution is 5.85. The van der Waals surface area contributed by atoms with Crippen LogP contribution in [0, 0.1) is 11.8 Å². The van der Waals surface area contributed by atoms with E-state index in [-0.39, 0.29) is 18.9 Å². The van der Waals surface area contributed by atoms with E-state index in [2.05, 4.69) is 5.32 Å². The molecule has 0 bridgehead atoms. The number of hydrogen-bond acceptors (Lipinski definition) is 4. The van der Waals surface area contributed by atoms with Crippen molar-refractivity contribution in [3.63, 3.8) is 0 Å². The van der Waals surface area contributed by atoms with Crippen LogP contribution in [0.1, 0.15) is 48.9 Å². The number of carboxylic acids is 1. The maximum atomic E-state index is 13.7. The highest BCUT2D eigenvalue weighted by atomic mass is 16.5. The number of rotatable bonds is 13. The number of urea groups is 1. The van der Waals surface area contributed by atoms with Crippen LogP contribution in [0.25, 0.3) is 10.8 Å². The number of aryl methyl sites for hydroxylation is 3. The van der Waals surface area contributed by atoms with Crippen LogP contribution < -0.4 is 10.1 Å². The smallest absolute Gasteiger partial charge is 0.326 e. The number of ether oxygens (including phenoxy) is 1. The first kappa shape index (κ1) is 31.8. The quantitative estimate of drug-likeness (QED) is 0.128. The first-order valence-electron chi connectivity index (χ1n) is 15.9. The molecular formula is C38H42N2O5. The molecule has 234 valence electrons. The van der Waals surface area contributed by atoms with Gasteiger partial charge in [0.1, 0.15) is 11.8 Å². The van der Waals surface area contributed by atoms with Crippen LogP contribution in [0.5, 0.6) is 5.75 Å². The molecule has 4 aromatic carbocycles. The number of aliphatic carboxylic acids is 1. The number of fused-ring (bicyclic) bond motifs is 2. The van der Waals surface area contributed by atoms with Crippen LogP contribution in [0.3, 0.4) is 0 Å². The van der Waals surface area contributed by atoms with Gasteiger partial charge in [-0.25, -0.2) is 9.59 Å². The third-order valence-electron chi connectivity index (χ3n) is 8.41. The lowest BCUT2D eigenvalue weighted by Gasteiger charge is -2.30. The minimum absolute atomic E-state index is 0.0991.